The van der Waals surface area contributed by atoms with Gasteiger partial charge in [-0.15, -0.1) is 0 Å². The largest absolute Gasteiger partial charge is 0.307 e. The number of piperidine rings is 1. The third kappa shape index (κ3) is 2.06. The Morgan fingerprint density at radius 1 is 0.950 bits per heavy atom. The fourth-order valence-corrected chi connectivity index (χ4v) is 3.40. The van der Waals surface area contributed by atoms with Crippen molar-refractivity contribution >= 4 is 6.29 Å². The minimum absolute atomic E-state index is 0.166. The lowest BCUT2D eigenvalue weighted by Crippen LogP contribution is -2.54. The first-order chi connectivity index (χ1) is 9.88. The minimum Gasteiger partial charge on any atom is -0.307 e. The molecule has 2 aromatic carbocycles. The van der Waals surface area contributed by atoms with Crippen molar-refractivity contribution in [2.24, 2.45) is 0 Å². The highest BCUT2D eigenvalue weighted by molar-refractivity contribution is 5.65. The zero-order valence-corrected chi connectivity index (χ0v) is 11.5. The minimum atomic E-state index is -0.247. The Kier molecular flexibility index (Phi) is 3.66. The smallest absolute Gasteiger partial charge is 0.138 e. The van der Waals surface area contributed by atoms with Gasteiger partial charge in [0.1, 0.15) is 6.29 Å². The Balaban J connectivity index is 2.19. The standard InChI is InChI=1S/C18H19NO/c20-14-17-18(12-7-13-19-17,15-8-3-1-4-9-15)16-10-5-2-6-11-16/h1-6,8-11,14,17,19H,7,12-13H2. The Bertz CT molecular complexity index is 525. The quantitative estimate of drug-likeness (QED) is 0.865. The number of carbonyl (C=O) groups excluding carboxylic acids is 1. The van der Waals surface area contributed by atoms with E-state index in [2.05, 4.69) is 53.8 Å². The van der Waals surface area contributed by atoms with Crippen molar-refractivity contribution in [1.82, 2.24) is 5.32 Å². The van der Waals surface area contributed by atoms with Crippen molar-refractivity contribution in [3.05, 3.63) is 71.8 Å². The average Bonchev–Trinajstić information content (AvgIpc) is 2.56. The molecule has 1 aliphatic rings. The van der Waals surface area contributed by atoms with Crippen LogP contribution in [0.15, 0.2) is 60.7 Å². The second-order valence-electron chi connectivity index (χ2n) is 5.37. The van der Waals surface area contributed by atoms with Gasteiger partial charge in [-0.05, 0) is 30.5 Å². The lowest BCUT2D eigenvalue weighted by Gasteiger charge is -2.43. The molecule has 2 aromatic rings. The molecule has 0 bridgehead atoms. The molecule has 0 aromatic heterocycles. The van der Waals surface area contributed by atoms with Crippen LogP contribution in [0.1, 0.15) is 24.0 Å². The molecular formula is C18H19NO. The summed E-state index contributed by atoms with van der Waals surface area (Å²) in [7, 11) is 0. The van der Waals surface area contributed by atoms with Gasteiger partial charge in [0.2, 0.25) is 0 Å². The van der Waals surface area contributed by atoms with E-state index in [1.807, 2.05) is 12.1 Å². The lowest BCUT2D eigenvalue weighted by molar-refractivity contribution is -0.111. The fourth-order valence-electron chi connectivity index (χ4n) is 3.40. The number of hydrogen-bond donors (Lipinski definition) is 1. The van der Waals surface area contributed by atoms with E-state index in [1.165, 1.54) is 11.1 Å². The molecule has 1 saturated heterocycles. The molecule has 1 heterocycles. The van der Waals surface area contributed by atoms with E-state index in [0.717, 1.165) is 25.7 Å². The molecule has 3 rings (SSSR count). The highest BCUT2D eigenvalue weighted by Crippen LogP contribution is 2.41. The fraction of sp³-hybridized carbons (Fsp3) is 0.278. The monoisotopic (exact) mass is 265 g/mol. The van der Waals surface area contributed by atoms with E-state index in [9.17, 15) is 4.79 Å². The summed E-state index contributed by atoms with van der Waals surface area (Å²) >= 11 is 0. The predicted molar refractivity (Wildman–Crippen MR) is 80.8 cm³/mol. The number of benzene rings is 2. The van der Waals surface area contributed by atoms with Crippen LogP contribution in [-0.4, -0.2) is 18.9 Å². The molecule has 0 radical (unpaired) electrons. The molecule has 0 saturated carbocycles. The van der Waals surface area contributed by atoms with Crippen LogP contribution < -0.4 is 5.32 Å². The number of hydrogen-bond acceptors (Lipinski definition) is 2. The Labute approximate surface area is 119 Å². The Morgan fingerprint density at radius 2 is 1.50 bits per heavy atom. The molecule has 2 heteroatoms. The summed E-state index contributed by atoms with van der Waals surface area (Å²) in [5.41, 5.74) is 2.19. The maximum absolute atomic E-state index is 11.7. The first-order valence-electron chi connectivity index (χ1n) is 7.17. The molecular weight excluding hydrogens is 246 g/mol. The van der Waals surface area contributed by atoms with Gasteiger partial charge >= 0.3 is 0 Å². The van der Waals surface area contributed by atoms with Crippen molar-refractivity contribution in [3.63, 3.8) is 0 Å². The molecule has 102 valence electrons. The van der Waals surface area contributed by atoms with Crippen LogP contribution in [0.2, 0.25) is 0 Å². The van der Waals surface area contributed by atoms with Crippen LogP contribution in [0.5, 0.6) is 0 Å². The normalized spacial score (nSPS) is 21.3. The van der Waals surface area contributed by atoms with E-state index in [-0.39, 0.29) is 11.5 Å². The molecule has 1 fully saturated rings. The van der Waals surface area contributed by atoms with E-state index in [1.54, 1.807) is 0 Å². The maximum atomic E-state index is 11.7. The Hall–Kier alpha value is -1.93. The van der Waals surface area contributed by atoms with Gasteiger partial charge < -0.3 is 10.1 Å². The van der Waals surface area contributed by atoms with E-state index in [0.29, 0.717) is 0 Å². The molecule has 0 spiro atoms. The van der Waals surface area contributed by atoms with Crippen molar-refractivity contribution in [1.29, 1.82) is 0 Å². The number of rotatable bonds is 3. The highest BCUT2D eigenvalue weighted by atomic mass is 16.1. The van der Waals surface area contributed by atoms with Gasteiger partial charge in [0.25, 0.3) is 0 Å². The second kappa shape index (κ2) is 5.59. The van der Waals surface area contributed by atoms with Gasteiger partial charge in [-0.25, -0.2) is 0 Å². The van der Waals surface area contributed by atoms with Gasteiger partial charge in [0, 0.05) is 5.41 Å². The Morgan fingerprint density at radius 3 is 2.00 bits per heavy atom. The summed E-state index contributed by atoms with van der Waals surface area (Å²) in [5.74, 6) is 0. The van der Waals surface area contributed by atoms with Crippen molar-refractivity contribution < 1.29 is 4.79 Å². The second-order valence-corrected chi connectivity index (χ2v) is 5.37. The molecule has 20 heavy (non-hydrogen) atoms. The summed E-state index contributed by atoms with van der Waals surface area (Å²) in [6.07, 6.45) is 3.14. The average molecular weight is 265 g/mol. The third-order valence-corrected chi connectivity index (χ3v) is 4.36. The van der Waals surface area contributed by atoms with Crippen LogP contribution in [0, 0.1) is 0 Å². The van der Waals surface area contributed by atoms with E-state index in [4.69, 9.17) is 0 Å². The van der Waals surface area contributed by atoms with Gasteiger partial charge in [0.05, 0.1) is 6.04 Å². The number of carbonyl (C=O) groups is 1. The van der Waals surface area contributed by atoms with Crippen LogP contribution in [0.3, 0.4) is 0 Å². The van der Waals surface area contributed by atoms with Gasteiger partial charge in [0.15, 0.2) is 0 Å². The van der Waals surface area contributed by atoms with Gasteiger partial charge in [-0.1, -0.05) is 60.7 Å². The molecule has 1 unspecified atom stereocenters. The zero-order valence-electron chi connectivity index (χ0n) is 11.5. The number of aldehydes is 1. The van der Waals surface area contributed by atoms with E-state index < -0.39 is 0 Å². The third-order valence-electron chi connectivity index (χ3n) is 4.36. The predicted octanol–water partition coefficient (Wildman–Crippen LogP) is 2.92. The van der Waals surface area contributed by atoms with Gasteiger partial charge in [-0.2, -0.15) is 0 Å². The molecule has 1 N–H and O–H groups in total. The molecule has 0 aliphatic carbocycles. The summed E-state index contributed by atoms with van der Waals surface area (Å²) < 4.78 is 0. The first-order valence-corrected chi connectivity index (χ1v) is 7.17. The van der Waals surface area contributed by atoms with Crippen LogP contribution in [0.4, 0.5) is 0 Å². The molecule has 2 nitrogen and oxygen atoms in total. The van der Waals surface area contributed by atoms with Crippen molar-refractivity contribution in [2.75, 3.05) is 6.54 Å². The highest BCUT2D eigenvalue weighted by Gasteiger charge is 2.43. The molecule has 0 amide bonds. The number of nitrogens with one attached hydrogen (secondary N) is 1. The van der Waals surface area contributed by atoms with E-state index >= 15 is 0 Å². The maximum Gasteiger partial charge on any atom is 0.138 e. The summed E-state index contributed by atoms with van der Waals surface area (Å²) in [6.45, 7) is 0.908. The zero-order chi connectivity index (χ0) is 13.8. The van der Waals surface area contributed by atoms with Crippen LogP contribution in [-0.2, 0) is 10.2 Å². The topological polar surface area (TPSA) is 29.1 Å². The lowest BCUT2D eigenvalue weighted by atomic mass is 9.65. The van der Waals surface area contributed by atoms with Crippen molar-refractivity contribution in [3.8, 4) is 0 Å². The summed E-state index contributed by atoms with van der Waals surface area (Å²) in [4.78, 5) is 11.7. The summed E-state index contributed by atoms with van der Waals surface area (Å²) in [5, 5.41) is 3.39. The first kappa shape index (κ1) is 13.1. The van der Waals surface area contributed by atoms with Gasteiger partial charge in [-0.3, -0.25) is 0 Å². The summed E-state index contributed by atoms with van der Waals surface area (Å²) in [6, 6.07) is 20.6. The SMILES string of the molecule is O=CC1NCCCC1(c1ccccc1)c1ccccc1. The molecule has 1 atom stereocenters. The molecule has 1 aliphatic heterocycles. The van der Waals surface area contributed by atoms with Crippen LogP contribution in [0.25, 0.3) is 0 Å². The van der Waals surface area contributed by atoms with Crippen molar-refractivity contribution in [2.45, 2.75) is 24.3 Å². The van der Waals surface area contributed by atoms with Crippen LogP contribution >= 0.6 is 0 Å².